The smallest absolute Gasteiger partial charge is 0.193 e. The minimum Gasteiger partial charge on any atom is -0.493 e. The summed E-state index contributed by atoms with van der Waals surface area (Å²) in [6.07, 6.45) is 2.29. The first kappa shape index (κ1) is 17.0. The molecule has 0 aliphatic carbocycles. The van der Waals surface area contributed by atoms with Gasteiger partial charge in [-0.05, 0) is 19.9 Å². The molecule has 3 aromatic rings. The van der Waals surface area contributed by atoms with Gasteiger partial charge in [0.15, 0.2) is 23.0 Å². The average Bonchev–Trinajstić information content (AvgIpc) is 3.02. The summed E-state index contributed by atoms with van der Waals surface area (Å²) in [6.45, 7) is 6.95. The third-order valence-corrected chi connectivity index (χ3v) is 4.85. The van der Waals surface area contributed by atoms with E-state index >= 15 is 0 Å². The maximum absolute atomic E-state index is 5.83. The van der Waals surface area contributed by atoms with Gasteiger partial charge < -0.3 is 19.1 Å². The van der Waals surface area contributed by atoms with Crippen molar-refractivity contribution < 1.29 is 19.1 Å². The Morgan fingerprint density at radius 3 is 2.50 bits per heavy atom. The third-order valence-electron chi connectivity index (χ3n) is 4.85. The third kappa shape index (κ3) is 2.95. The predicted molar refractivity (Wildman–Crippen MR) is 95.8 cm³/mol. The minimum absolute atomic E-state index is 0.253. The molecule has 0 unspecified atom stereocenters. The summed E-state index contributed by atoms with van der Waals surface area (Å²) in [5, 5.41) is 9.73. The Kier molecular flexibility index (Phi) is 4.37. The van der Waals surface area contributed by atoms with Crippen molar-refractivity contribution in [3.8, 4) is 11.5 Å². The SMILES string of the molecule is COc1cc2ncn3c(C[NH+]4C[C@@H](C)O[C@H](C)C4)nnc3c2cc1OC. The largest absolute Gasteiger partial charge is 0.493 e. The van der Waals surface area contributed by atoms with Crippen LogP contribution in [0.1, 0.15) is 19.7 Å². The highest BCUT2D eigenvalue weighted by Gasteiger charge is 2.27. The normalized spacial score (nSPS) is 23.5. The lowest BCUT2D eigenvalue weighted by molar-refractivity contribution is -0.929. The van der Waals surface area contributed by atoms with E-state index in [9.17, 15) is 0 Å². The van der Waals surface area contributed by atoms with Gasteiger partial charge in [-0.2, -0.15) is 0 Å². The van der Waals surface area contributed by atoms with Gasteiger partial charge in [0.25, 0.3) is 0 Å². The van der Waals surface area contributed by atoms with Gasteiger partial charge in [-0.1, -0.05) is 0 Å². The summed E-state index contributed by atoms with van der Waals surface area (Å²) in [4.78, 5) is 6.01. The second kappa shape index (κ2) is 6.69. The van der Waals surface area contributed by atoms with Crippen molar-refractivity contribution >= 4 is 16.6 Å². The van der Waals surface area contributed by atoms with E-state index in [-0.39, 0.29) is 12.2 Å². The Bertz CT molecular complexity index is 931. The van der Waals surface area contributed by atoms with Crippen molar-refractivity contribution in [2.75, 3.05) is 27.3 Å². The highest BCUT2D eigenvalue weighted by molar-refractivity contribution is 5.93. The number of aromatic nitrogens is 4. The van der Waals surface area contributed by atoms with E-state index in [1.165, 1.54) is 4.90 Å². The minimum atomic E-state index is 0.253. The lowest BCUT2D eigenvalue weighted by Gasteiger charge is -2.31. The van der Waals surface area contributed by atoms with E-state index in [0.29, 0.717) is 11.5 Å². The number of quaternary nitrogens is 1. The second-order valence-corrected chi connectivity index (χ2v) is 6.87. The number of ether oxygens (including phenoxy) is 3. The van der Waals surface area contributed by atoms with Crippen molar-refractivity contribution in [2.45, 2.75) is 32.6 Å². The lowest BCUT2D eigenvalue weighted by atomic mass is 10.2. The van der Waals surface area contributed by atoms with Crippen molar-refractivity contribution in [3.05, 3.63) is 24.3 Å². The standard InChI is InChI=1S/C18H23N5O3/c1-11-7-22(8-12(2)26-11)9-17-20-21-18-13-5-15(24-3)16(25-4)6-14(13)19-10-23(17)18/h5-6,10-12H,7-9H2,1-4H3/p+1/t11-,12-/m1/s1. The molecule has 0 spiro atoms. The number of rotatable bonds is 4. The molecule has 2 aromatic heterocycles. The van der Waals surface area contributed by atoms with Crippen LogP contribution in [0.15, 0.2) is 18.5 Å². The monoisotopic (exact) mass is 358 g/mol. The van der Waals surface area contributed by atoms with E-state index in [4.69, 9.17) is 14.2 Å². The fourth-order valence-electron chi connectivity index (χ4n) is 3.78. The number of fused-ring (bicyclic) bond motifs is 3. The zero-order valence-corrected chi connectivity index (χ0v) is 15.5. The first-order chi connectivity index (χ1) is 12.6. The molecule has 26 heavy (non-hydrogen) atoms. The van der Waals surface area contributed by atoms with Crippen molar-refractivity contribution in [1.29, 1.82) is 0 Å². The molecule has 1 aromatic carbocycles. The number of hydrogen-bond acceptors (Lipinski definition) is 6. The molecule has 1 fully saturated rings. The zero-order valence-electron chi connectivity index (χ0n) is 15.5. The fourth-order valence-corrected chi connectivity index (χ4v) is 3.78. The van der Waals surface area contributed by atoms with Gasteiger partial charge in [0.05, 0.1) is 19.7 Å². The first-order valence-corrected chi connectivity index (χ1v) is 8.82. The maximum Gasteiger partial charge on any atom is 0.193 e. The quantitative estimate of drug-likeness (QED) is 0.732. The van der Waals surface area contributed by atoms with Gasteiger partial charge in [0, 0.05) is 11.5 Å². The van der Waals surface area contributed by atoms with Gasteiger partial charge in [0.2, 0.25) is 0 Å². The summed E-state index contributed by atoms with van der Waals surface area (Å²) in [6, 6.07) is 3.76. The number of nitrogens with one attached hydrogen (secondary N) is 1. The molecule has 1 aliphatic rings. The molecule has 2 atom stereocenters. The van der Waals surface area contributed by atoms with Gasteiger partial charge in [-0.15, -0.1) is 10.2 Å². The van der Waals surface area contributed by atoms with E-state index in [2.05, 4.69) is 29.0 Å². The molecule has 0 bridgehead atoms. The number of nitrogens with zero attached hydrogens (tertiary/aromatic N) is 4. The average molecular weight is 358 g/mol. The topological polar surface area (TPSA) is 75.2 Å². The van der Waals surface area contributed by atoms with Crippen LogP contribution in [-0.4, -0.2) is 59.1 Å². The maximum atomic E-state index is 5.83. The Hall–Kier alpha value is -2.45. The van der Waals surface area contributed by atoms with Crippen LogP contribution in [0.2, 0.25) is 0 Å². The van der Waals surface area contributed by atoms with Crippen molar-refractivity contribution in [1.82, 2.24) is 19.6 Å². The van der Waals surface area contributed by atoms with Crippen LogP contribution in [0, 0.1) is 0 Å². The van der Waals surface area contributed by atoms with Gasteiger partial charge >= 0.3 is 0 Å². The van der Waals surface area contributed by atoms with Crippen LogP contribution in [-0.2, 0) is 11.3 Å². The molecule has 1 aliphatic heterocycles. The molecular formula is C18H24N5O3+. The Morgan fingerprint density at radius 1 is 1.12 bits per heavy atom. The van der Waals surface area contributed by atoms with E-state index in [1.54, 1.807) is 20.5 Å². The molecular weight excluding hydrogens is 334 g/mol. The molecule has 8 heteroatoms. The van der Waals surface area contributed by atoms with E-state index in [0.717, 1.165) is 42.0 Å². The van der Waals surface area contributed by atoms with Crippen LogP contribution >= 0.6 is 0 Å². The van der Waals surface area contributed by atoms with Crippen LogP contribution in [0.3, 0.4) is 0 Å². The van der Waals surface area contributed by atoms with Gasteiger partial charge in [-0.25, -0.2) is 4.98 Å². The lowest BCUT2D eigenvalue weighted by Crippen LogP contribution is -3.14. The van der Waals surface area contributed by atoms with Gasteiger partial charge in [-0.3, -0.25) is 4.40 Å². The number of benzene rings is 1. The Balaban J connectivity index is 1.73. The summed E-state index contributed by atoms with van der Waals surface area (Å²) in [5.41, 5.74) is 1.58. The summed E-state index contributed by atoms with van der Waals surface area (Å²) < 4.78 is 18.6. The van der Waals surface area contributed by atoms with E-state index < -0.39 is 0 Å². The molecule has 0 saturated carbocycles. The van der Waals surface area contributed by atoms with Crippen LogP contribution in [0.5, 0.6) is 11.5 Å². The van der Waals surface area contributed by atoms with E-state index in [1.807, 2.05) is 16.5 Å². The molecule has 138 valence electrons. The molecule has 0 radical (unpaired) electrons. The number of methoxy groups -OCH3 is 2. The molecule has 1 saturated heterocycles. The summed E-state index contributed by atoms with van der Waals surface area (Å²) in [5.74, 6) is 2.21. The molecule has 1 N–H and O–H groups in total. The van der Waals surface area contributed by atoms with Crippen molar-refractivity contribution in [3.63, 3.8) is 0 Å². The summed E-state index contributed by atoms with van der Waals surface area (Å²) >= 11 is 0. The zero-order chi connectivity index (χ0) is 18.3. The highest BCUT2D eigenvalue weighted by atomic mass is 16.5. The van der Waals surface area contributed by atoms with Crippen molar-refractivity contribution in [2.24, 2.45) is 0 Å². The molecule has 0 amide bonds. The molecule has 4 rings (SSSR count). The van der Waals surface area contributed by atoms with Gasteiger partial charge in [0.1, 0.15) is 38.2 Å². The summed E-state index contributed by atoms with van der Waals surface area (Å²) in [7, 11) is 3.24. The number of morpholine rings is 1. The Labute approximate surface area is 151 Å². The van der Waals surface area contributed by atoms with Crippen LogP contribution in [0.4, 0.5) is 0 Å². The first-order valence-electron chi connectivity index (χ1n) is 8.82. The second-order valence-electron chi connectivity index (χ2n) is 6.87. The number of hydrogen-bond donors (Lipinski definition) is 1. The molecule has 3 heterocycles. The van der Waals surface area contributed by atoms with Crippen LogP contribution in [0.25, 0.3) is 16.6 Å². The predicted octanol–water partition coefficient (Wildman–Crippen LogP) is 0.487. The highest BCUT2D eigenvalue weighted by Crippen LogP contribution is 2.32. The fraction of sp³-hybridized carbons (Fsp3) is 0.500. The van der Waals surface area contributed by atoms with Crippen LogP contribution < -0.4 is 14.4 Å². The Morgan fingerprint density at radius 2 is 1.81 bits per heavy atom. The molecule has 8 nitrogen and oxygen atoms in total.